The molecule has 3 aromatic rings. The van der Waals surface area contributed by atoms with Gasteiger partial charge in [0.15, 0.2) is 5.82 Å². The highest BCUT2D eigenvalue weighted by molar-refractivity contribution is 7.89. The maximum atomic E-state index is 12.2. The molecule has 0 radical (unpaired) electrons. The lowest BCUT2D eigenvalue weighted by Gasteiger charge is -2.08. The maximum Gasteiger partial charge on any atom is 0.240 e. The fourth-order valence-electron chi connectivity index (χ4n) is 2.11. The summed E-state index contributed by atoms with van der Waals surface area (Å²) in [5.41, 5.74) is 0.405. The predicted octanol–water partition coefficient (Wildman–Crippen LogP) is 0.924. The number of hydrogen-bond donors (Lipinski definition) is 2. The van der Waals surface area contributed by atoms with E-state index in [2.05, 4.69) is 25.3 Å². The van der Waals surface area contributed by atoms with Crippen LogP contribution < -0.4 is 10.0 Å². The van der Waals surface area contributed by atoms with Crippen LogP contribution in [0.3, 0.4) is 0 Å². The first-order valence-corrected chi connectivity index (χ1v) is 9.14. The Morgan fingerprint density at radius 3 is 2.50 bits per heavy atom. The summed E-state index contributed by atoms with van der Waals surface area (Å²) in [5, 5.41) is 23.8. The molecule has 0 bridgehead atoms. The molecular weight excluding hydrogens is 354 g/mol. The van der Waals surface area contributed by atoms with Crippen LogP contribution >= 0.6 is 0 Å². The van der Waals surface area contributed by atoms with Crippen molar-refractivity contribution in [1.29, 1.82) is 5.26 Å². The molecule has 0 unspecified atom stereocenters. The second-order valence-corrected chi connectivity index (χ2v) is 6.96. The molecule has 9 nitrogen and oxygen atoms in total. The minimum atomic E-state index is -3.62. The van der Waals surface area contributed by atoms with Crippen LogP contribution in [0.1, 0.15) is 5.56 Å². The molecule has 10 heteroatoms. The monoisotopic (exact) mass is 369 g/mol. The van der Waals surface area contributed by atoms with Gasteiger partial charge in [0.25, 0.3) is 0 Å². The number of rotatable bonds is 7. The first kappa shape index (κ1) is 17.5. The van der Waals surface area contributed by atoms with Gasteiger partial charge in [0, 0.05) is 25.5 Å². The van der Waals surface area contributed by atoms with E-state index in [0.717, 1.165) is 0 Å². The molecule has 0 aliphatic rings. The van der Waals surface area contributed by atoms with Gasteiger partial charge in [-0.2, -0.15) is 10.4 Å². The van der Waals surface area contributed by atoms with E-state index >= 15 is 0 Å². The van der Waals surface area contributed by atoms with Crippen LogP contribution in [-0.2, 0) is 10.0 Å². The van der Waals surface area contributed by atoms with Crippen LogP contribution in [0, 0.1) is 11.3 Å². The normalized spacial score (nSPS) is 11.0. The minimum absolute atomic E-state index is 0.111. The summed E-state index contributed by atoms with van der Waals surface area (Å²) in [7, 11) is -3.62. The number of anilines is 1. The van der Waals surface area contributed by atoms with Crippen molar-refractivity contribution in [3.8, 4) is 11.9 Å². The summed E-state index contributed by atoms with van der Waals surface area (Å²) >= 11 is 0. The summed E-state index contributed by atoms with van der Waals surface area (Å²) in [6.07, 6.45) is 3.41. The van der Waals surface area contributed by atoms with Gasteiger partial charge in [-0.05, 0) is 42.5 Å². The Morgan fingerprint density at radius 2 is 1.88 bits per heavy atom. The van der Waals surface area contributed by atoms with Gasteiger partial charge >= 0.3 is 0 Å². The Hall–Kier alpha value is -3.29. The molecule has 0 fully saturated rings. The van der Waals surface area contributed by atoms with Gasteiger partial charge in [-0.15, -0.1) is 10.2 Å². The Morgan fingerprint density at radius 1 is 1.08 bits per heavy atom. The highest BCUT2D eigenvalue weighted by Crippen LogP contribution is 2.10. The maximum absolute atomic E-state index is 12.2. The van der Waals surface area contributed by atoms with E-state index in [1.165, 1.54) is 24.3 Å². The van der Waals surface area contributed by atoms with Crippen LogP contribution in [-0.4, -0.2) is 41.5 Å². The lowest BCUT2D eigenvalue weighted by molar-refractivity contribution is 0.583. The summed E-state index contributed by atoms with van der Waals surface area (Å²) in [4.78, 5) is 0.111. The number of aromatic nitrogens is 4. The van der Waals surface area contributed by atoms with Gasteiger partial charge in [0.2, 0.25) is 10.0 Å². The number of nitrogens with zero attached hydrogens (tertiary/aromatic N) is 5. The molecule has 0 amide bonds. The topological polar surface area (TPSA) is 126 Å². The van der Waals surface area contributed by atoms with Gasteiger partial charge in [0.1, 0.15) is 5.82 Å². The highest BCUT2D eigenvalue weighted by Gasteiger charge is 2.12. The molecule has 3 rings (SSSR count). The summed E-state index contributed by atoms with van der Waals surface area (Å²) in [6.45, 7) is 0.510. The molecule has 2 aromatic heterocycles. The standard InChI is InChI=1S/C16H15N7O2S/c17-12-13-2-4-14(5-3-13)26(24,25)20-10-9-18-15-6-7-16(22-21-15)23-11-1-8-19-23/h1-8,11,20H,9-10H2,(H,18,21). The van der Waals surface area contributed by atoms with E-state index in [4.69, 9.17) is 5.26 Å². The first-order chi connectivity index (χ1) is 12.6. The zero-order valence-corrected chi connectivity index (χ0v) is 14.4. The molecule has 2 heterocycles. The second-order valence-electron chi connectivity index (χ2n) is 5.19. The molecular formula is C16H15N7O2S. The number of hydrogen-bond acceptors (Lipinski definition) is 7. The SMILES string of the molecule is N#Cc1ccc(S(=O)(=O)NCCNc2ccc(-n3cccn3)nn2)cc1. The molecule has 0 saturated heterocycles. The smallest absolute Gasteiger partial charge is 0.240 e. The fourth-order valence-corrected chi connectivity index (χ4v) is 3.15. The fraction of sp³-hybridized carbons (Fsp3) is 0.125. The molecule has 132 valence electrons. The van der Waals surface area contributed by atoms with Crippen molar-refractivity contribution in [3.05, 3.63) is 60.4 Å². The van der Waals surface area contributed by atoms with E-state index in [1.54, 1.807) is 35.3 Å². The van der Waals surface area contributed by atoms with E-state index in [9.17, 15) is 8.42 Å². The van der Waals surface area contributed by atoms with Gasteiger partial charge in [0.05, 0.1) is 16.5 Å². The predicted molar refractivity (Wildman–Crippen MR) is 94.0 cm³/mol. The van der Waals surface area contributed by atoms with Crippen molar-refractivity contribution in [2.24, 2.45) is 0 Å². The zero-order valence-electron chi connectivity index (χ0n) is 13.6. The Labute approximate surface area is 150 Å². The van der Waals surface area contributed by atoms with Crippen LogP contribution in [0.15, 0.2) is 59.8 Å². The Kier molecular flexibility index (Phi) is 5.21. The van der Waals surface area contributed by atoms with Gasteiger partial charge in [-0.3, -0.25) is 0 Å². The average molecular weight is 369 g/mol. The Balaban J connectivity index is 1.51. The third kappa shape index (κ3) is 4.21. The quantitative estimate of drug-likeness (QED) is 0.593. The molecule has 26 heavy (non-hydrogen) atoms. The third-order valence-corrected chi connectivity index (χ3v) is 4.88. The van der Waals surface area contributed by atoms with Crippen LogP contribution in [0.2, 0.25) is 0 Å². The molecule has 0 atom stereocenters. The van der Waals surface area contributed by atoms with Crippen molar-refractivity contribution in [2.75, 3.05) is 18.4 Å². The van der Waals surface area contributed by atoms with E-state index < -0.39 is 10.0 Å². The van der Waals surface area contributed by atoms with Crippen molar-refractivity contribution in [2.45, 2.75) is 4.90 Å². The van der Waals surface area contributed by atoms with Crippen molar-refractivity contribution < 1.29 is 8.42 Å². The number of sulfonamides is 1. The molecule has 0 aliphatic heterocycles. The molecule has 2 N–H and O–H groups in total. The number of benzene rings is 1. The molecule has 0 spiro atoms. The second kappa shape index (κ2) is 7.73. The van der Waals surface area contributed by atoms with Gasteiger partial charge in [-0.25, -0.2) is 17.8 Å². The van der Waals surface area contributed by atoms with Gasteiger partial charge in [-0.1, -0.05) is 0 Å². The summed E-state index contributed by atoms with van der Waals surface area (Å²) in [5.74, 6) is 1.11. The largest absolute Gasteiger partial charge is 0.367 e. The van der Waals surface area contributed by atoms with Crippen LogP contribution in [0.4, 0.5) is 5.82 Å². The zero-order chi connectivity index (χ0) is 18.4. The summed E-state index contributed by atoms with van der Waals surface area (Å²) < 4.78 is 28.4. The van der Waals surface area contributed by atoms with Crippen molar-refractivity contribution >= 4 is 15.8 Å². The molecule has 0 aliphatic carbocycles. The minimum Gasteiger partial charge on any atom is -0.367 e. The van der Waals surface area contributed by atoms with E-state index in [1.807, 2.05) is 6.07 Å². The first-order valence-electron chi connectivity index (χ1n) is 7.66. The number of nitriles is 1. The van der Waals surface area contributed by atoms with Crippen LogP contribution in [0.25, 0.3) is 5.82 Å². The highest BCUT2D eigenvalue weighted by atomic mass is 32.2. The van der Waals surface area contributed by atoms with Crippen LogP contribution in [0.5, 0.6) is 0 Å². The van der Waals surface area contributed by atoms with E-state index in [0.29, 0.717) is 23.7 Å². The third-order valence-electron chi connectivity index (χ3n) is 3.41. The van der Waals surface area contributed by atoms with Crippen molar-refractivity contribution in [1.82, 2.24) is 24.7 Å². The average Bonchev–Trinajstić information content (AvgIpc) is 3.20. The molecule has 1 aromatic carbocycles. The van der Waals surface area contributed by atoms with E-state index in [-0.39, 0.29) is 11.4 Å². The summed E-state index contributed by atoms with van der Waals surface area (Å²) in [6, 6.07) is 12.9. The van der Waals surface area contributed by atoms with Gasteiger partial charge < -0.3 is 5.32 Å². The number of nitrogens with one attached hydrogen (secondary N) is 2. The van der Waals surface area contributed by atoms with Crippen molar-refractivity contribution in [3.63, 3.8) is 0 Å². The Bertz CT molecular complexity index is 992. The molecule has 0 saturated carbocycles. The lowest BCUT2D eigenvalue weighted by Crippen LogP contribution is -2.29. The lowest BCUT2D eigenvalue weighted by atomic mass is 10.2.